The fraction of sp³-hybridized carbons (Fsp3) is 0.632. The van der Waals surface area contributed by atoms with Gasteiger partial charge in [-0.15, -0.1) is 0 Å². The highest BCUT2D eigenvalue weighted by Gasteiger charge is 2.37. The molecule has 1 spiro atoms. The van der Waals surface area contributed by atoms with Gasteiger partial charge in [0.1, 0.15) is 5.75 Å². The van der Waals surface area contributed by atoms with Crippen molar-refractivity contribution in [3.8, 4) is 5.75 Å². The summed E-state index contributed by atoms with van der Waals surface area (Å²) in [5, 5.41) is 3.46. The molecule has 23 heavy (non-hydrogen) atoms. The summed E-state index contributed by atoms with van der Waals surface area (Å²) in [4.78, 5) is 14.4. The molecule has 3 rings (SSSR count). The van der Waals surface area contributed by atoms with Crippen molar-refractivity contribution >= 4 is 5.91 Å². The van der Waals surface area contributed by atoms with Gasteiger partial charge in [-0.3, -0.25) is 4.79 Å². The summed E-state index contributed by atoms with van der Waals surface area (Å²) in [7, 11) is 0. The number of carbonyl (C=O) groups excluding carboxylic acids is 1. The molecule has 0 aliphatic carbocycles. The molecule has 1 amide bonds. The second-order valence-corrected chi connectivity index (χ2v) is 7.15. The number of benzene rings is 1. The number of rotatable bonds is 4. The summed E-state index contributed by atoms with van der Waals surface area (Å²) >= 11 is 0. The van der Waals surface area contributed by atoms with E-state index < -0.39 is 0 Å². The molecule has 2 heterocycles. The van der Waals surface area contributed by atoms with Crippen LogP contribution in [0.25, 0.3) is 0 Å². The molecule has 0 radical (unpaired) electrons. The van der Waals surface area contributed by atoms with Gasteiger partial charge in [-0.1, -0.05) is 6.07 Å². The highest BCUT2D eigenvalue weighted by atomic mass is 16.5. The highest BCUT2D eigenvalue weighted by Crippen LogP contribution is 2.36. The molecule has 2 aliphatic heterocycles. The Labute approximate surface area is 139 Å². The summed E-state index contributed by atoms with van der Waals surface area (Å²) in [6.07, 6.45) is 4.02. The van der Waals surface area contributed by atoms with E-state index in [4.69, 9.17) is 4.74 Å². The standard InChI is InChI=1S/C19H28N2O2/c1-15-3-4-17(13-16(15)2)23-12-5-18(22)21-10-7-19(8-11-21)6-9-20-14-19/h3-4,13,20H,5-12,14H2,1-2H3. The summed E-state index contributed by atoms with van der Waals surface area (Å²) in [5.41, 5.74) is 2.95. The van der Waals surface area contributed by atoms with Crippen LogP contribution in [0.4, 0.5) is 0 Å². The zero-order chi connectivity index (χ0) is 16.3. The zero-order valence-corrected chi connectivity index (χ0v) is 14.4. The highest BCUT2D eigenvalue weighted by molar-refractivity contribution is 5.76. The average molecular weight is 316 g/mol. The van der Waals surface area contributed by atoms with Crippen molar-refractivity contribution in [3.63, 3.8) is 0 Å². The van der Waals surface area contributed by atoms with Crippen molar-refractivity contribution < 1.29 is 9.53 Å². The number of nitrogens with one attached hydrogen (secondary N) is 1. The molecule has 0 bridgehead atoms. The molecule has 1 aromatic rings. The molecule has 126 valence electrons. The third-order valence-corrected chi connectivity index (χ3v) is 5.57. The fourth-order valence-electron chi connectivity index (χ4n) is 3.67. The first-order chi connectivity index (χ1) is 11.1. The molecule has 4 heteroatoms. The van der Waals surface area contributed by atoms with Crippen LogP contribution in [0.15, 0.2) is 18.2 Å². The lowest BCUT2D eigenvalue weighted by Crippen LogP contribution is -2.44. The lowest BCUT2D eigenvalue weighted by atomic mass is 9.78. The summed E-state index contributed by atoms with van der Waals surface area (Å²) < 4.78 is 5.74. The van der Waals surface area contributed by atoms with Gasteiger partial charge in [0.05, 0.1) is 13.0 Å². The Morgan fingerprint density at radius 3 is 2.65 bits per heavy atom. The van der Waals surface area contributed by atoms with Gasteiger partial charge in [0.25, 0.3) is 0 Å². The third-order valence-electron chi connectivity index (χ3n) is 5.57. The number of likely N-dealkylation sites (tertiary alicyclic amines) is 1. The first kappa shape index (κ1) is 16.3. The van der Waals surface area contributed by atoms with E-state index in [1.165, 1.54) is 17.5 Å². The van der Waals surface area contributed by atoms with Gasteiger partial charge in [0.15, 0.2) is 0 Å². The van der Waals surface area contributed by atoms with E-state index in [1.807, 2.05) is 17.0 Å². The van der Waals surface area contributed by atoms with Gasteiger partial charge in [-0.2, -0.15) is 0 Å². The molecule has 2 fully saturated rings. The summed E-state index contributed by atoms with van der Waals surface area (Å²) in [6, 6.07) is 6.08. The molecular formula is C19H28N2O2. The van der Waals surface area contributed by atoms with Gasteiger partial charge < -0.3 is 15.0 Å². The van der Waals surface area contributed by atoms with E-state index in [1.54, 1.807) is 0 Å². The molecule has 4 nitrogen and oxygen atoms in total. The Kier molecular flexibility index (Phi) is 4.90. The number of carbonyl (C=O) groups is 1. The first-order valence-electron chi connectivity index (χ1n) is 8.77. The fourth-order valence-corrected chi connectivity index (χ4v) is 3.67. The summed E-state index contributed by atoms with van der Waals surface area (Å²) in [5.74, 6) is 1.09. The Balaban J connectivity index is 1.42. The number of ether oxygens (including phenoxy) is 1. The van der Waals surface area contributed by atoms with E-state index in [0.29, 0.717) is 18.4 Å². The Bertz CT molecular complexity index is 554. The quantitative estimate of drug-likeness (QED) is 0.928. The molecule has 0 atom stereocenters. The Hall–Kier alpha value is -1.55. The Morgan fingerprint density at radius 2 is 2.00 bits per heavy atom. The number of hydrogen-bond donors (Lipinski definition) is 1. The van der Waals surface area contributed by atoms with Crippen molar-refractivity contribution in [2.24, 2.45) is 5.41 Å². The van der Waals surface area contributed by atoms with Crippen LogP contribution in [0, 0.1) is 19.3 Å². The van der Waals surface area contributed by atoms with E-state index >= 15 is 0 Å². The van der Waals surface area contributed by atoms with Crippen molar-refractivity contribution in [2.75, 3.05) is 32.8 Å². The zero-order valence-electron chi connectivity index (χ0n) is 14.4. The predicted molar refractivity (Wildman–Crippen MR) is 91.8 cm³/mol. The maximum Gasteiger partial charge on any atom is 0.225 e. The normalized spacial score (nSPS) is 20.0. The number of piperidine rings is 1. The number of amides is 1. The topological polar surface area (TPSA) is 41.6 Å². The van der Waals surface area contributed by atoms with Crippen LogP contribution in [0.3, 0.4) is 0 Å². The van der Waals surface area contributed by atoms with E-state index in [0.717, 1.165) is 44.8 Å². The molecule has 1 aromatic carbocycles. The van der Waals surface area contributed by atoms with Gasteiger partial charge in [-0.05, 0) is 68.3 Å². The Morgan fingerprint density at radius 1 is 1.22 bits per heavy atom. The van der Waals surface area contributed by atoms with Crippen LogP contribution in [0.2, 0.25) is 0 Å². The molecular weight excluding hydrogens is 288 g/mol. The number of nitrogens with zero attached hydrogens (tertiary/aromatic N) is 1. The average Bonchev–Trinajstić information content (AvgIpc) is 2.99. The van der Waals surface area contributed by atoms with Crippen molar-refractivity contribution in [2.45, 2.75) is 39.5 Å². The first-order valence-corrected chi connectivity index (χ1v) is 8.77. The lowest BCUT2D eigenvalue weighted by molar-refractivity contribution is -0.133. The van der Waals surface area contributed by atoms with Crippen LogP contribution in [0.1, 0.15) is 36.8 Å². The van der Waals surface area contributed by atoms with Crippen molar-refractivity contribution in [1.82, 2.24) is 10.2 Å². The largest absolute Gasteiger partial charge is 0.493 e. The van der Waals surface area contributed by atoms with Crippen LogP contribution < -0.4 is 10.1 Å². The predicted octanol–water partition coefficient (Wildman–Crippen LogP) is 2.67. The minimum absolute atomic E-state index is 0.231. The van der Waals surface area contributed by atoms with Gasteiger partial charge in [-0.25, -0.2) is 0 Å². The minimum Gasteiger partial charge on any atom is -0.493 e. The van der Waals surface area contributed by atoms with Crippen LogP contribution >= 0.6 is 0 Å². The van der Waals surface area contributed by atoms with Crippen molar-refractivity contribution in [3.05, 3.63) is 29.3 Å². The van der Waals surface area contributed by atoms with E-state index in [-0.39, 0.29) is 5.91 Å². The second kappa shape index (κ2) is 6.91. The van der Waals surface area contributed by atoms with E-state index in [2.05, 4.69) is 25.2 Å². The summed E-state index contributed by atoms with van der Waals surface area (Å²) in [6.45, 7) is 8.71. The SMILES string of the molecule is Cc1ccc(OCCC(=O)N2CCC3(CCNC3)CC2)cc1C. The van der Waals surface area contributed by atoms with E-state index in [9.17, 15) is 4.79 Å². The monoisotopic (exact) mass is 316 g/mol. The van der Waals surface area contributed by atoms with Gasteiger partial charge in [0, 0.05) is 19.6 Å². The molecule has 0 aromatic heterocycles. The number of hydrogen-bond acceptors (Lipinski definition) is 3. The van der Waals surface area contributed by atoms with Crippen LogP contribution in [-0.4, -0.2) is 43.6 Å². The van der Waals surface area contributed by atoms with Crippen molar-refractivity contribution in [1.29, 1.82) is 0 Å². The molecule has 1 N–H and O–H groups in total. The molecule has 0 unspecified atom stereocenters. The lowest BCUT2D eigenvalue weighted by Gasteiger charge is -2.38. The maximum absolute atomic E-state index is 12.3. The van der Waals surface area contributed by atoms with Gasteiger partial charge >= 0.3 is 0 Å². The second-order valence-electron chi connectivity index (χ2n) is 7.15. The molecule has 2 saturated heterocycles. The van der Waals surface area contributed by atoms with Crippen LogP contribution in [-0.2, 0) is 4.79 Å². The minimum atomic E-state index is 0.231. The van der Waals surface area contributed by atoms with Crippen LogP contribution in [0.5, 0.6) is 5.75 Å². The number of aryl methyl sites for hydroxylation is 2. The molecule has 2 aliphatic rings. The van der Waals surface area contributed by atoms with Gasteiger partial charge in [0.2, 0.25) is 5.91 Å². The third kappa shape index (κ3) is 3.86. The maximum atomic E-state index is 12.3. The molecule has 0 saturated carbocycles. The smallest absolute Gasteiger partial charge is 0.225 e.